The summed E-state index contributed by atoms with van der Waals surface area (Å²) in [6.07, 6.45) is 13.5. The second-order valence-electron chi connectivity index (χ2n) is 10.3. The molecule has 4 nitrogen and oxygen atoms in total. The zero-order valence-corrected chi connectivity index (χ0v) is 18.1. The van der Waals surface area contributed by atoms with Gasteiger partial charge in [-0.2, -0.15) is 4.99 Å². The van der Waals surface area contributed by atoms with Crippen molar-refractivity contribution in [1.82, 2.24) is 4.90 Å². The molecule has 4 saturated carbocycles. The van der Waals surface area contributed by atoms with Gasteiger partial charge in [0.25, 0.3) is 5.91 Å². The Bertz CT molecular complexity index is 695. The highest BCUT2D eigenvalue weighted by Gasteiger charge is 2.58. The molecule has 0 N–H and O–H groups in total. The molecular formula is C23H34N2O2S. The van der Waals surface area contributed by atoms with Crippen LogP contribution in [0.4, 0.5) is 0 Å². The number of aliphatic imine (C=N–C) groups is 1. The molecule has 4 aliphatic carbocycles. The zero-order chi connectivity index (χ0) is 19.4. The van der Waals surface area contributed by atoms with Crippen molar-refractivity contribution < 1.29 is 9.59 Å². The van der Waals surface area contributed by atoms with Crippen molar-refractivity contribution in [2.45, 2.75) is 84.0 Å². The van der Waals surface area contributed by atoms with Crippen LogP contribution in [0.25, 0.3) is 0 Å². The number of rotatable bonds is 4. The van der Waals surface area contributed by atoms with Crippen LogP contribution in [-0.4, -0.2) is 34.2 Å². The van der Waals surface area contributed by atoms with Gasteiger partial charge in [-0.1, -0.05) is 44.4 Å². The first kappa shape index (κ1) is 19.1. The lowest BCUT2D eigenvalue weighted by atomic mass is 9.67. The minimum atomic E-state index is -0.250. The molecular weight excluding hydrogens is 368 g/mol. The summed E-state index contributed by atoms with van der Waals surface area (Å²) in [5, 5.41) is 0.716. The minimum Gasteiger partial charge on any atom is -0.290 e. The monoisotopic (exact) mass is 402 g/mol. The lowest BCUT2D eigenvalue weighted by molar-refractivity contribution is -0.139. The summed E-state index contributed by atoms with van der Waals surface area (Å²) < 4.78 is 0. The molecule has 0 aromatic heterocycles. The molecule has 2 amide bonds. The number of amides is 2. The Morgan fingerprint density at radius 2 is 1.93 bits per heavy atom. The third kappa shape index (κ3) is 2.98. The van der Waals surface area contributed by atoms with Crippen molar-refractivity contribution >= 4 is 28.7 Å². The summed E-state index contributed by atoms with van der Waals surface area (Å²) in [6.45, 7) is 2.89. The third-order valence-corrected chi connectivity index (χ3v) is 9.61. The summed E-state index contributed by atoms with van der Waals surface area (Å²) in [6, 6.07) is 0. The van der Waals surface area contributed by atoms with Crippen LogP contribution in [0.1, 0.15) is 84.0 Å². The van der Waals surface area contributed by atoms with Crippen molar-refractivity contribution in [1.29, 1.82) is 0 Å². The second-order valence-corrected chi connectivity index (χ2v) is 11.4. The molecule has 0 aromatic rings. The number of nitrogens with zero attached hydrogens (tertiary/aromatic N) is 2. The van der Waals surface area contributed by atoms with E-state index in [-0.39, 0.29) is 16.7 Å². The van der Waals surface area contributed by atoms with Gasteiger partial charge in [-0.15, -0.1) is 0 Å². The van der Waals surface area contributed by atoms with Gasteiger partial charge in [-0.05, 0) is 69.1 Å². The van der Waals surface area contributed by atoms with Gasteiger partial charge < -0.3 is 0 Å². The predicted molar refractivity (Wildman–Crippen MR) is 113 cm³/mol. The molecule has 28 heavy (non-hydrogen) atoms. The Kier molecular flexibility index (Phi) is 4.88. The fourth-order valence-corrected chi connectivity index (χ4v) is 8.41. The van der Waals surface area contributed by atoms with Gasteiger partial charge in [-0.3, -0.25) is 14.5 Å². The number of carbonyl (C=O) groups is 2. The van der Waals surface area contributed by atoms with E-state index in [2.05, 4.69) is 11.9 Å². The van der Waals surface area contributed by atoms with Gasteiger partial charge in [0.05, 0.1) is 10.8 Å². The van der Waals surface area contributed by atoms with Gasteiger partial charge in [-0.25, -0.2) is 0 Å². The van der Waals surface area contributed by atoms with Crippen molar-refractivity contribution in [3.63, 3.8) is 0 Å². The maximum absolute atomic E-state index is 13.7. The average Bonchev–Trinajstić information content (AvgIpc) is 3.37. The molecule has 0 radical (unpaired) electrons. The number of hydrogen-bond donors (Lipinski definition) is 0. The zero-order valence-electron chi connectivity index (χ0n) is 17.3. The van der Waals surface area contributed by atoms with Gasteiger partial charge in [0.15, 0.2) is 5.17 Å². The maximum Gasteiger partial charge on any atom is 0.254 e. The Balaban J connectivity index is 1.37. The van der Waals surface area contributed by atoms with E-state index in [4.69, 9.17) is 0 Å². The topological polar surface area (TPSA) is 49.7 Å². The van der Waals surface area contributed by atoms with Crippen molar-refractivity contribution in [2.75, 3.05) is 12.3 Å². The van der Waals surface area contributed by atoms with Crippen molar-refractivity contribution in [3.8, 4) is 0 Å². The summed E-state index contributed by atoms with van der Waals surface area (Å²) >= 11 is 1.62. The molecule has 0 spiro atoms. The molecule has 5 fully saturated rings. The number of hydrogen-bond acceptors (Lipinski definition) is 3. The molecule has 3 bridgehead atoms. The van der Waals surface area contributed by atoms with Crippen LogP contribution >= 0.6 is 11.8 Å². The lowest BCUT2D eigenvalue weighted by Crippen LogP contribution is -2.46. The van der Waals surface area contributed by atoms with Gasteiger partial charge in [0.2, 0.25) is 5.91 Å². The second kappa shape index (κ2) is 7.14. The van der Waals surface area contributed by atoms with Crippen LogP contribution in [-0.2, 0) is 9.59 Å². The summed E-state index contributed by atoms with van der Waals surface area (Å²) in [5.74, 6) is 3.54. The van der Waals surface area contributed by atoms with Crippen molar-refractivity contribution in [3.05, 3.63) is 0 Å². The van der Waals surface area contributed by atoms with Gasteiger partial charge in [0, 0.05) is 12.3 Å². The summed E-state index contributed by atoms with van der Waals surface area (Å²) in [7, 11) is 0. The number of amidine groups is 1. The normalized spacial score (nSPS) is 39.8. The molecule has 5 aliphatic rings. The summed E-state index contributed by atoms with van der Waals surface area (Å²) in [5.41, 5.74) is -0.391. The molecule has 4 atom stereocenters. The van der Waals surface area contributed by atoms with E-state index < -0.39 is 0 Å². The molecule has 5 heteroatoms. The average molecular weight is 403 g/mol. The number of fused-ring (bicyclic) bond motifs is 2. The van der Waals surface area contributed by atoms with Crippen LogP contribution in [0.5, 0.6) is 0 Å². The van der Waals surface area contributed by atoms with Crippen LogP contribution in [0.2, 0.25) is 0 Å². The van der Waals surface area contributed by atoms with E-state index in [0.29, 0.717) is 11.1 Å². The number of carbonyl (C=O) groups excluding carboxylic acids is 2. The lowest BCUT2D eigenvalue weighted by Gasteiger charge is -2.40. The summed E-state index contributed by atoms with van der Waals surface area (Å²) in [4.78, 5) is 33.5. The Labute approximate surface area is 173 Å². The first-order valence-corrected chi connectivity index (χ1v) is 12.6. The largest absolute Gasteiger partial charge is 0.290 e. The molecule has 0 aromatic carbocycles. The smallest absolute Gasteiger partial charge is 0.254 e. The minimum absolute atomic E-state index is 0.0552. The Morgan fingerprint density at radius 3 is 2.71 bits per heavy atom. The maximum atomic E-state index is 13.7. The SMILES string of the molecule is CCCC1(C(=O)N=C2SCCN2C(=O)C23CC4CCC(C2)C(C4)C3)CCCC1. The fraction of sp³-hybridized carbons (Fsp3) is 0.870. The van der Waals surface area contributed by atoms with Crippen molar-refractivity contribution in [2.24, 2.45) is 33.6 Å². The van der Waals surface area contributed by atoms with Gasteiger partial charge >= 0.3 is 0 Å². The molecule has 154 valence electrons. The number of thioether (sulfide) groups is 1. The van der Waals surface area contributed by atoms with E-state index in [0.717, 1.165) is 87.8 Å². The molecule has 4 unspecified atom stereocenters. The standard InChI is InChI=1S/C23H34N2O2S/c1-2-7-22(8-3-4-9-22)19(26)24-21-25(10-11-28-21)20(27)23-13-16-5-6-17(14-23)18(12-16)15-23/h16-18H,2-15H2,1H3. The fourth-order valence-electron chi connectivity index (χ4n) is 7.47. The van der Waals surface area contributed by atoms with Crippen LogP contribution in [0, 0.1) is 28.6 Å². The molecule has 1 aliphatic heterocycles. The quantitative estimate of drug-likeness (QED) is 0.663. The predicted octanol–water partition coefficient (Wildman–Crippen LogP) is 5.02. The highest BCUT2D eigenvalue weighted by atomic mass is 32.2. The van der Waals surface area contributed by atoms with Crippen LogP contribution < -0.4 is 0 Å². The van der Waals surface area contributed by atoms with Gasteiger partial charge in [0.1, 0.15) is 0 Å². The van der Waals surface area contributed by atoms with E-state index in [1.807, 2.05) is 4.90 Å². The molecule has 5 rings (SSSR count). The highest BCUT2D eigenvalue weighted by Crippen LogP contribution is 2.62. The van der Waals surface area contributed by atoms with E-state index in [9.17, 15) is 9.59 Å². The third-order valence-electron chi connectivity index (χ3n) is 8.65. The molecule has 1 saturated heterocycles. The highest BCUT2D eigenvalue weighted by molar-refractivity contribution is 8.14. The Morgan fingerprint density at radius 1 is 1.14 bits per heavy atom. The first-order valence-electron chi connectivity index (χ1n) is 11.6. The molecule has 1 heterocycles. The van der Waals surface area contributed by atoms with Crippen LogP contribution in [0.3, 0.4) is 0 Å². The van der Waals surface area contributed by atoms with E-state index in [1.54, 1.807) is 11.8 Å². The Hall–Kier alpha value is -0.840. The first-order chi connectivity index (χ1) is 13.6. The van der Waals surface area contributed by atoms with E-state index in [1.165, 1.54) is 19.3 Å². The van der Waals surface area contributed by atoms with Crippen LogP contribution in [0.15, 0.2) is 4.99 Å². The van der Waals surface area contributed by atoms with E-state index >= 15 is 0 Å².